The van der Waals surface area contributed by atoms with Crippen LogP contribution in [0, 0.1) is 0 Å². The molecule has 0 aliphatic heterocycles. The fourth-order valence-corrected chi connectivity index (χ4v) is 1.82. The van der Waals surface area contributed by atoms with Crippen LogP contribution in [0.15, 0.2) is 24.3 Å². The molecule has 2 atom stereocenters. The van der Waals surface area contributed by atoms with Gasteiger partial charge in [-0.15, -0.1) is 0 Å². The lowest BCUT2D eigenvalue weighted by molar-refractivity contribution is -0.123. The largest absolute Gasteiger partial charge is 0.348 e. The van der Waals surface area contributed by atoms with Gasteiger partial charge in [-0.25, -0.2) is 0 Å². The Kier molecular flexibility index (Phi) is 5.45. The van der Waals surface area contributed by atoms with Crippen LogP contribution in [0.1, 0.15) is 38.3 Å². The summed E-state index contributed by atoms with van der Waals surface area (Å²) in [6, 6.07) is 6.94. The number of carbonyl (C=O) groups excluding carboxylic acids is 1. The maximum absolute atomic E-state index is 11.7. The van der Waals surface area contributed by atoms with Crippen LogP contribution in [0.2, 0.25) is 5.02 Å². The van der Waals surface area contributed by atoms with E-state index in [1.807, 2.05) is 38.1 Å². The summed E-state index contributed by atoms with van der Waals surface area (Å²) < 4.78 is 0. The van der Waals surface area contributed by atoms with Crippen molar-refractivity contribution in [3.63, 3.8) is 0 Å². The van der Waals surface area contributed by atoms with E-state index in [-0.39, 0.29) is 11.9 Å². The Bertz CT molecular complexity index is 381. The third-order valence-electron chi connectivity index (χ3n) is 2.64. The Morgan fingerprint density at radius 1 is 1.53 bits per heavy atom. The molecule has 0 heterocycles. The zero-order valence-electron chi connectivity index (χ0n) is 10.2. The second-order valence-corrected chi connectivity index (χ2v) is 4.62. The van der Waals surface area contributed by atoms with E-state index in [2.05, 4.69) is 5.32 Å². The van der Waals surface area contributed by atoms with Crippen molar-refractivity contribution in [3.05, 3.63) is 34.9 Å². The molecule has 0 saturated heterocycles. The first-order chi connectivity index (χ1) is 8.04. The van der Waals surface area contributed by atoms with Crippen molar-refractivity contribution in [2.24, 2.45) is 5.73 Å². The van der Waals surface area contributed by atoms with Crippen LogP contribution in [-0.4, -0.2) is 11.9 Å². The molecule has 0 aliphatic rings. The Hall–Kier alpha value is -1.06. The quantitative estimate of drug-likeness (QED) is 0.849. The van der Waals surface area contributed by atoms with Gasteiger partial charge < -0.3 is 11.1 Å². The summed E-state index contributed by atoms with van der Waals surface area (Å²) in [7, 11) is 0. The Labute approximate surface area is 107 Å². The van der Waals surface area contributed by atoms with Gasteiger partial charge in [0.1, 0.15) is 0 Å². The summed E-state index contributed by atoms with van der Waals surface area (Å²) in [5.41, 5.74) is 6.73. The first-order valence-corrected chi connectivity index (χ1v) is 6.23. The van der Waals surface area contributed by atoms with Crippen LogP contribution in [-0.2, 0) is 4.79 Å². The van der Waals surface area contributed by atoms with Gasteiger partial charge >= 0.3 is 0 Å². The summed E-state index contributed by atoms with van der Waals surface area (Å²) in [4.78, 5) is 11.7. The highest BCUT2D eigenvalue weighted by Crippen LogP contribution is 2.17. The number of rotatable bonds is 5. The number of amides is 1. The van der Waals surface area contributed by atoms with Gasteiger partial charge in [0, 0.05) is 5.02 Å². The number of nitrogens with two attached hydrogens (primary N) is 1. The van der Waals surface area contributed by atoms with E-state index in [1.54, 1.807) is 0 Å². The lowest BCUT2D eigenvalue weighted by atomic mass is 10.1. The normalized spacial score (nSPS) is 14.1. The molecule has 1 rings (SSSR count). The minimum atomic E-state index is -0.429. The molecule has 0 unspecified atom stereocenters. The van der Waals surface area contributed by atoms with E-state index in [9.17, 15) is 4.79 Å². The number of carbonyl (C=O) groups is 1. The van der Waals surface area contributed by atoms with Crippen molar-refractivity contribution < 1.29 is 4.79 Å². The monoisotopic (exact) mass is 254 g/mol. The first-order valence-electron chi connectivity index (χ1n) is 5.86. The lowest BCUT2D eigenvalue weighted by Gasteiger charge is -2.17. The van der Waals surface area contributed by atoms with Crippen LogP contribution in [0.3, 0.4) is 0 Å². The standard InChI is InChI=1S/C13H19ClN2O/c1-3-5-12(15)13(17)16-9(2)10-6-4-7-11(14)8-10/h4,6-9,12H,3,5,15H2,1-2H3,(H,16,17)/t9-,12+/m1/s1. The summed E-state index contributed by atoms with van der Waals surface area (Å²) in [5.74, 6) is -0.112. The van der Waals surface area contributed by atoms with E-state index < -0.39 is 6.04 Å². The van der Waals surface area contributed by atoms with Crippen molar-refractivity contribution in [2.45, 2.75) is 38.8 Å². The summed E-state index contributed by atoms with van der Waals surface area (Å²) >= 11 is 5.90. The SMILES string of the molecule is CCC[C@H](N)C(=O)N[C@H](C)c1cccc(Cl)c1. The minimum absolute atomic E-state index is 0.0795. The molecule has 0 spiro atoms. The first kappa shape index (κ1) is 14.0. The molecule has 0 fully saturated rings. The van der Waals surface area contributed by atoms with Gasteiger partial charge in [0.25, 0.3) is 0 Å². The molecule has 1 aromatic rings. The third-order valence-corrected chi connectivity index (χ3v) is 2.88. The number of nitrogens with one attached hydrogen (secondary N) is 1. The van der Waals surface area contributed by atoms with E-state index >= 15 is 0 Å². The second kappa shape index (κ2) is 6.62. The third kappa shape index (κ3) is 4.36. The molecule has 0 radical (unpaired) electrons. The topological polar surface area (TPSA) is 55.1 Å². The van der Waals surface area contributed by atoms with Crippen molar-refractivity contribution in [1.29, 1.82) is 0 Å². The summed E-state index contributed by atoms with van der Waals surface area (Å²) in [6.07, 6.45) is 1.61. The van der Waals surface area contributed by atoms with E-state index in [1.165, 1.54) is 0 Å². The zero-order chi connectivity index (χ0) is 12.8. The molecule has 94 valence electrons. The van der Waals surface area contributed by atoms with Crippen LogP contribution in [0.4, 0.5) is 0 Å². The number of hydrogen-bond donors (Lipinski definition) is 2. The number of hydrogen-bond acceptors (Lipinski definition) is 2. The Morgan fingerprint density at radius 2 is 2.24 bits per heavy atom. The molecule has 0 saturated carbocycles. The molecule has 3 N–H and O–H groups in total. The van der Waals surface area contributed by atoms with Crippen LogP contribution in [0.5, 0.6) is 0 Å². The molecule has 3 nitrogen and oxygen atoms in total. The Morgan fingerprint density at radius 3 is 2.82 bits per heavy atom. The van der Waals surface area contributed by atoms with Gasteiger partial charge in [0.2, 0.25) is 5.91 Å². The smallest absolute Gasteiger partial charge is 0.237 e. The molecule has 17 heavy (non-hydrogen) atoms. The maximum atomic E-state index is 11.7. The summed E-state index contributed by atoms with van der Waals surface area (Å²) in [6.45, 7) is 3.93. The Balaban J connectivity index is 2.60. The van der Waals surface area contributed by atoms with Gasteiger partial charge in [0.15, 0.2) is 0 Å². The van der Waals surface area contributed by atoms with Crippen LogP contribution < -0.4 is 11.1 Å². The van der Waals surface area contributed by atoms with Gasteiger partial charge in [-0.05, 0) is 31.0 Å². The number of halogens is 1. The lowest BCUT2D eigenvalue weighted by Crippen LogP contribution is -2.41. The maximum Gasteiger partial charge on any atom is 0.237 e. The van der Waals surface area contributed by atoms with Crippen molar-refractivity contribution in [2.75, 3.05) is 0 Å². The molecule has 0 aromatic heterocycles. The molecule has 0 aliphatic carbocycles. The van der Waals surface area contributed by atoms with Crippen LogP contribution >= 0.6 is 11.6 Å². The highest BCUT2D eigenvalue weighted by atomic mass is 35.5. The number of benzene rings is 1. The predicted octanol–water partition coefficient (Wildman–Crippen LogP) is 2.64. The van der Waals surface area contributed by atoms with Gasteiger partial charge in [0.05, 0.1) is 12.1 Å². The predicted molar refractivity (Wildman–Crippen MR) is 70.9 cm³/mol. The fourth-order valence-electron chi connectivity index (χ4n) is 1.62. The van der Waals surface area contributed by atoms with Gasteiger partial charge in [-0.2, -0.15) is 0 Å². The highest BCUT2D eigenvalue weighted by Gasteiger charge is 2.15. The molecular weight excluding hydrogens is 236 g/mol. The van der Waals surface area contributed by atoms with E-state index in [0.29, 0.717) is 11.4 Å². The summed E-state index contributed by atoms with van der Waals surface area (Å²) in [5, 5.41) is 3.55. The second-order valence-electron chi connectivity index (χ2n) is 4.18. The molecular formula is C13H19ClN2O. The fraction of sp³-hybridized carbons (Fsp3) is 0.462. The minimum Gasteiger partial charge on any atom is -0.348 e. The van der Waals surface area contributed by atoms with Gasteiger partial charge in [-0.1, -0.05) is 37.1 Å². The molecule has 4 heteroatoms. The average molecular weight is 255 g/mol. The van der Waals surface area contributed by atoms with Gasteiger partial charge in [-0.3, -0.25) is 4.79 Å². The molecule has 1 aromatic carbocycles. The van der Waals surface area contributed by atoms with Crippen molar-refractivity contribution in [3.8, 4) is 0 Å². The van der Waals surface area contributed by atoms with Crippen molar-refractivity contribution in [1.82, 2.24) is 5.32 Å². The zero-order valence-corrected chi connectivity index (χ0v) is 11.0. The molecule has 0 bridgehead atoms. The average Bonchev–Trinajstić information content (AvgIpc) is 2.29. The molecule has 1 amide bonds. The van der Waals surface area contributed by atoms with Crippen molar-refractivity contribution >= 4 is 17.5 Å². The van der Waals surface area contributed by atoms with E-state index in [0.717, 1.165) is 12.0 Å². The van der Waals surface area contributed by atoms with E-state index in [4.69, 9.17) is 17.3 Å². The highest BCUT2D eigenvalue weighted by molar-refractivity contribution is 6.30. The van der Waals surface area contributed by atoms with Crippen LogP contribution in [0.25, 0.3) is 0 Å².